The highest BCUT2D eigenvalue weighted by Gasteiger charge is 2.12. The Bertz CT molecular complexity index is 490. The van der Waals surface area contributed by atoms with Gasteiger partial charge in [0.25, 0.3) is 0 Å². The van der Waals surface area contributed by atoms with E-state index in [1.807, 2.05) is 19.1 Å². The van der Waals surface area contributed by atoms with Crippen molar-refractivity contribution < 1.29 is 5.11 Å². The number of phenols is 1. The topological polar surface area (TPSA) is 62.0 Å². The molecule has 1 heterocycles. The quantitative estimate of drug-likeness (QED) is 0.732. The van der Waals surface area contributed by atoms with Crippen molar-refractivity contribution in [2.45, 2.75) is 13.5 Å². The first kappa shape index (κ1) is 9.55. The highest BCUT2D eigenvalue weighted by atomic mass is 79.9. The van der Waals surface area contributed by atoms with Crippen LogP contribution in [0.2, 0.25) is 0 Å². The molecule has 0 aliphatic carbocycles. The maximum absolute atomic E-state index is 9.86. The third-order valence-corrected chi connectivity index (χ3v) is 3.05. The number of aryl methyl sites for hydroxylation is 1. The van der Waals surface area contributed by atoms with Gasteiger partial charge in [0.05, 0.1) is 4.47 Å². The van der Waals surface area contributed by atoms with Gasteiger partial charge >= 0.3 is 0 Å². The predicted octanol–water partition coefficient (Wildman–Crippen LogP) is 2.40. The zero-order valence-electron chi connectivity index (χ0n) is 7.76. The number of rotatable bonds is 1. The van der Waals surface area contributed by atoms with Gasteiger partial charge in [-0.3, -0.25) is 0 Å². The van der Waals surface area contributed by atoms with Gasteiger partial charge in [-0.15, -0.1) is 0 Å². The van der Waals surface area contributed by atoms with E-state index in [1.54, 1.807) is 0 Å². The molecule has 0 spiro atoms. The summed E-state index contributed by atoms with van der Waals surface area (Å²) < 4.78 is 0.693. The fourth-order valence-corrected chi connectivity index (χ4v) is 2.03. The monoisotopic (exact) mass is 254 g/mol. The van der Waals surface area contributed by atoms with E-state index in [0.717, 1.165) is 22.2 Å². The molecule has 0 saturated carbocycles. The van der Waals surface area contributed by atoms with Crippen LogP contribution in [0.25, 0.3) is 10.9 Å². The molecule has 0 saturated heterocycles. The molecule has 4 N–H and O–H groups in total. The minimum absolute atomic E-state index is 0.257. The van der Waals surface area contributed by atoms with E-state index in [0.29, 0.717) is 11.0 Å². The maximum Gasteiger partial charge on any atom is 0.139 e. The van der Waals surface area contributed by atoms with E-state index in [1.165, 1.54) is 0 Å². The third-order valence-electron chi connectivity index (χ3n) is 2.41. The summed E-state index contributed by atoms with van der Waals surface area (Å²) in [6.07, 6.45) is 0. The second kappa shape index (κ2) is 3.29. The Morgan fingerprint density at radius 3 is 2.86 bits per heavy atom. The Morgan fingerprint density at radius 2 is 2.21 bits per heavy atom. The van der Waals surface area contributed by atoms with Crippen LogP contribution in [0, 0.1) is 6.92 Å². The summed E-state index contributed by atoms with van der Waals surface area (Å²) in [4.78, 5) is 3.19. The van der Waals surface area contributed by atoms with E-state index in [-0.39, 0.29) is 5.75 Å². The summed E-state index contributed by atoms with van der Waals surface area (Å²) >= 11 is 3.28. The number of hydrogen-bond donors (Lipinski definition) is 3. The maximum atomic E-state index is 9.86. The summed E-state index contributed by atoms with van der Waals surface area (Å²) in [5.41, 5.74) is 8.53. The van der Waals surface area contributed by atoms with Crippen molar-refractivity contribution in [2.24, 2.45) is 5.73 Å². The van der Waals surface area contributed by atoms with Crippen LogP contribution >= 0.6 is 15.9 Å². The van der Waals surface area contributed by atoms with Crippen molar-refractivity contribution in [3.8, 4) is 5.75 Å². The standard InChI is InChI=1S/C10H11BrN2O/c1-5-6(4-12)9-8(13-5)3-2-7(11)10(9)14/h2-3,13-14H,4,12H2,1H3. The van der Waals surface area contributed by atoms with Crippen LogP contribution < -0.4 is 5.73 Å². The molecule has 0 aliphatic rings. The average molecular weight is 255 g/mol. The molecule has 0 aliphatic heterocycles. The number of phenolic OH excluding ortho intramolecular Hbond substituents is 1. The van der Waals surface area contributed by atoms with E-state index in [4.69, 9.17) is 5.73 Å². The molecule has 0 atom stereocenters. The van der Waals surface area contributed by atoms with Crippen LogP contribution in [0.4, 0.5) is 0 Å². The molecule has 1 aromatic carbocycles. The van der Waals surface area contributed by atoms with Gasteiger partial charge in [-0.1, -0.05) is 0 Å². The first-order valence-electron chi connectivity index (χ1n) is 4.34. The smallest absolute Gasteiger partial charge is 0.139 e. The predicted molar refractivity (Wildman–Crippen MR) is 60.3 cm³/mol. The van der Waals surface area contributed by atoms with Gasteiger partial charge in [-0.05, 0) is 40.5 Å². The van der Waals surface area contributed by atoms with E-state index < -0.39 is 0 Å². The van der Waals surface area contributed by atoms with E-state index >= 15 is 0 Å². The van der Waals surface area contributed by atoms with Crippen LogP contribution in [-0.2, 0) is 6.54 Å². The molecular formula is C10H11BrN2O. The first-order valence-corrected chi connectivity index (χ1v) is 5.13. The van der Waals surface area contributed by atoms with Gasteiger partial charge in [0.1, 0.15) is 5.75 Å². The van der Waals surface area contributed by atoms with E-state index in [9.17, 15) is 5.11 Å². The summed E-state index contributed by atoms with van der Waals surface area (Å²) in [6, 6.07) is 3.74. The zero-order chi connectivity index (χ0) is 10.3. The van der Waals surface area contributed by atoms with E-state index in [2.05, 4.69) is 20.9 Å². The second-order valence-electron chi connectivity index (χ2n) is 3.25. The molecule has 0 unspecified atom stereocenters. The molecular weight excluding hydrogens is 244 g/mol. The minimum Gasteiger partial charge on any atom is -0.506 e. The fraction of sp³-hybridized carbons (Fsp3) is 0.200. The van der Waals surface area contributed by atoms with Crippen molar-refractivity contribution in [3.05, 3.63) is 27.9 Å². The molecule has 1 aromatic heterocycles. The fourth-order valence-electron chi connectivity index (χ4n) is 1.70. The Hall–Kier alpha value is -1.00. The number of aromatic nitrogens is 1. The SMILES string of the molecule is Cc1[nH]c2ccc(Br)c(O)c2c1CN. The first-order chi connectivity index (χ1) is 6.65. The Morgan fingerprint density at radius 1 is 1.50 bits per heavy atom. The lowest BCUT2D eigenvalue weighted by molar-refractivity contribution is 0.478. The molecule has 2 aromatic rings. The van der Waals surface area contributed by atoms with Crippen molar-refractivity contribution in [2.75, 3.05) is 0 Å². The van der Waals surface area contributed by atoms with Crippen LogP contribution in [0.3, 0.4) is 0 Å². The van der Waals surface area contributed by atoms with Gasteiger partial charge in [-0.2, -0.15) is 0 Å². The molecule has 3 nitrogen and oxygen atoms in total. The summed E-state index contributed by atoms with van der Waals surface area (Å²) in [5.74, 6) is 0.257. The van der Waals surface area contributed by atoms with Crippen LogP contribution in [0.5, 0.6) is 5.75 Å². The molecule has 74 valence electrons. The number of benzene rings is 1. The highest BCUT2D eigenvalue weighted by Crippen LogP contribution is 2.35. The lowest BCUT2D eigenvalue weighted by Gasteiger charge is -2.00. The Labute approximate surface area is 90.1 Å². The van der Waals surface area contributed by atoms with Crippen molar-refractivity contribution in [1.82, 2.24) is 4.98 Å². The molecule has 0 fully saturated rings. The molecule has 2 rings (SSSR count). The summed E-state index contributed by atoms with van der Waals surface area (Å²) in [5, 5.41) is 10.7. The molecule has 14 heavy (non-hydrogen) atoms. The minimum atomic E-state index is 0.257. The van der Waals surface area contributed by atoms with Crippen molar-refractivity contribution in [1.29, 1.82) is 0 Å². The zero-order valence-corrected chi connectivity index (χ0v) is 9.35. The third kappa shape index (κ3) is 1.22. The molecule has 0 bridgehead atoms. The van der Waals surface area contributed by atoms with Gasteiger partial charge in [0.2, 0.25) is 0 Å². The number of aromatic amines is 1. The highest BCUT2D eigenvalue weighted by molar-refractivity contribution is 9.10. The molecule has 0 radical (unpaired) electrons. The number of nitrogens with two attached hydrogens (primary N) is 1. The number of hydrogen-bond acceptors (Lipinski definition) is 2. The average Bonchev–Trinajstić information content (AvgIpc) is 2.48. The Balaban J connectivity index is 2.90. The number of H-pyrrole nitrogens is 1. The summed E-state index contributed by atoms with van der Waals surface area (Å²) in [7, 11) is 0. The number of nitrogens with one attached hydrogen (secondary N) is 1. The van der Waals surface area contributed by atoms with Gasteiger partial charge in [0, 0.05) is 23.1 Å². The van der Waals surface area contributed by atoms with Gasteiger partial charge < -0.3 is 15.8 Å². The van der Waals surface area contributed by atoms with Crippen LogP contribution in [-0.4, -0.2) is 10.1 Å². The van der Waals surface area contributed by atoms with Crippen molar-refractivity contribution >= 4 is 26.8 Å². The lowest BCUT2D eigenvalue weighted by atomic mass is 10.1. The largest absolute Gasteiger partial charge is 0.506 e. The molecule has 4 heteroatoms. The lowest BCUT2D eigenvalue weighted by Crippen LogP contribution is -1.96. The van der Waals surface area contributed by atoms with Gasteiger partial charge in [0.15, 0.2) is 0 Å². The normalized spacial score (nSPS) is 11.1. The molecule has 0 amide bonds. The number of fused-ring (bicyclic) bond motifs is 1. The second-order valence-corrected chi connectivity index (χ2v) is 4.11. The number of halogens is 1. The van der Waals surface area contributed by atoms with Gasteiger partial charge in [-0.25, -0.2) is 0 Å². The van der Waals surface area contributed by atoms with Crippen LogP contribution in [0.15, 0.2) is 16.6 Å². The van der Waals surface area contributed by atoms with Crippen molar-refractivity contribution in [3.63, 3.8) is 0 Å². The number of aromatic hydroxyl groups is 1. The summed E-state index contributed by atoms with van der Waals surface area (Å²) in [6.45, 7) is 2.38. The Kier molecular flexibility index (Phi) is 2.25. The van der Waals surface area contributed by atoms with Crippen LogP contribution in [0.1, 0.15) is 11.3 Å².